The van der Waals surface area contributed by atoms with Gasteiger partial charge in [-0.3, -0.25) is 4.79 Å². The molecule has 0 saturated carbocycles. The minimum absolute atomic E-state index is 0.152. The van der Waals surface area contributed by atoms with Gasteiger partial charge in [0.15, 0.2) is 5.76 Å². The number of amides is 1. The van der Waals surface area contributed by atoms with Crippen molar-refractivity contribution in [1.82, 2.24) is 9.21 Å². The van der Waals surface area contributed by atoms with Crippen molar-refractivity contribution in [2.45, 2.75) is 45.1 Å². The van der Waals surface area contributed by atoms with Crippen LogP contribution in [0.2, 0.25) is 0 Å². The summed E-state index contributed by atoms with van der Waals surface area (Å²) < 4.78 is 34.3. The molecule has 2 atom stereocenters. The lowest BCUT2D eigenvalue weighted by Crippen LogP contribution is -2.42. The van der Waals surface area contributed by atoms with Crippen LogP contribution in [0.3, 0.4) is 0 Å². The van der Waals surface area contributed by atoms with Crippen molar-refractivity contribution in [3.05, 3.63) is 64.9 Å². The van der Waals surface area contributed by atoms with E-state index in [-0.39, 0.29) is 10.8 Å². The molecule has 0 N–H and O–H groups in total. The Morgan fingerprint density at radius 3 is 2.45 bits per heavy atom. The second-order valence-corrected chi connectivity index (χ2v) is 11.7. The molecule has 0 unspecified atom stereocenters. The second kappa shape index (κ2) is 8.29. The van der Waals surface area contributed by atoms with Gasteiger partial charge in [-0.1, -0.05) is 38.1 Å². The predicted octanol–water partition coefficient (Wildman–Crippen LogP) is 4.61. The van der Waals surface area contributed by atoms with Crippen LogP contribution in [0.5, 0.6) is 0 Å². The summed E-state index contributed by atoms with van der Waals surface area (Å²) in [5.41, 5.74) is 3.65. The Labute approximate surface area is 195 Å². The first-order chi connectivity index (χ1) is 15.7. The summed E-state index contributed by atoms with van der Waals surface area (Å²) in [5, 5.41) is 0.676. The molecule has 33 heavy (non-hydrogen) atoms. The molecular formula is C26H30N2O4S. The van der Waals surface area contributed by atoms with Crippen molar-refractivity contribution >= 4 is 26.9 Å². The Morgan fingerprint density at radius 1 is 1.03 bits per heavy atom. The smallest absolute Gasteiger partial charge is 0.290 e. The number of hydrogen-bond acceptors (Lipinski definition) is 4. The second-order valence-electron chi connectivity index (χ2n) is 9.73. The van der Waals surface area contributed by atoms with Gasteiger partial charge in [-0.2, -0.15) is 4.31 Å². The highest BCUT2D eigenvalue weighted by Crippen LogP contribution is 2.32. The Bertz CT molecular complexity index is 1320. The largest absolute Gasteiger partial charge is 0.451 e. The fraction of sp³-hybridized carbons (Fsp3) is 0.423. The third-order valence-corrected chi connectivity index (χ3v) is 8.82. The number of rotatable bonds is 3. The Balaban J connectivity index is 1.45. The molecule has 6 nitrogen and oxygen atoms in total. The van der Waals surface area contributed by atoms with E-state index in [2.05, 4.69) is 26.0 Å². The molecule has 3 aromatic rings. The van der Waals surface area contributed by atoms with E-state index < -0.39 is 10.0 Å². The molecule has 2 aliphatic heterocycles. The quantitative estimate of drug-likeness (QED) is 0.565. The van der Waals surface area contributed by atoms with Crippen LogP contribution in [-0.4, -0.2) is 43.2 Å². The molecule has 1 saturated heterocycles. The van der Waals surface area contributed by atoms with Crippen molar-refractivity contribution in [2.75, 3.05) is 19.6 Å². The summed E-state index contributed by atoms with van der Waals surface area (Å²) in [6.45, 7) is 8.29. The van der Waals surface area contributed by atoms with Gasteiger partial charge in [0.2, 0.25) is 10.0 Å². The topological polar surface area (TPSA) is 70.8 Å². The van der Waals surface area contributed by atoms with E-state index in [9.17, 15) is 13.2 Å². The van der Waals surface area contributed by atoms with Gasteiger partial charge in [-0.05, 0) is 60.9 Å². The number of hydrogen-bond donors (Lipinski definition) is 0. The van der Waals surface area contributed by atoms with Gasteiger partial charge in [0.25, 0.3) is 5.91 Å². The zero-order chi connectivity index (χ0) is 23.3. The van der Waals surface area contributed by atoms with Crippen LogP contribution in [0.4, 0.5) is 0 Å². The number of carbonyl (C=O) groups excluding carboxylic acids is 1. The number of fused-ring (bicyclic) bond motifs is 2. The van der Waals surface area contributed by atoms with Crippen LogP contribution in [0.25, 0.3) is 11.0 Å². The van der Waals surface area contributed by atoms with Crippen LogP contribution in [0.1, 0.15) is 47.5 Å². The van der Waals surface area contributed by atoms with Gasteiger partial charge in [0.1, 0.15) is 5.58 Å². The van der Waals surface area contributed by atoms with Crippen LogP contribution in [0, 0.1) is 18.8 Å². The summed E-state index contributed by atoms with van der Waals surface area (Å²) in [7, 11) is -3.60. The summed E-state index contributed by atoms with van der Waals surface area (Å²) in [4.78, 5) is 15.4. The standard InChI is InChI=1S/C26H30N2O4S/c1-17-12-18(2)15-28(14-17)33(30,31)22-8-9-24-23(13-22)19(3)25(32-24)26(29)27-11-10-20-6-4-5-7-21(20)16-27/h4-9,13,17-18H,10-12,14-16H2,1-3H3/t17-,18-/m0/s1. The van der Waals surface area contributed by atoms with E-state index in [1.807, 2.05) is 19.1 Å². The molecule has 5 rings (SSSR count). The summed E-state index contributed by atoms with van der Waals surface area (Å²) >= 11 is 0. The number of aryl methyl sites for hydroxylation is 1. The third kappa shape index (κ3) is 3.97. The normalized spacial score (nSPS) is 21.8. The SMILES string of the molecule is Cc1c(C(=O)N2CCc3ccccc3C2)oc2ccc(S(=O)(=O)N3C[C@@H](C)C[C@H](C)C3)cc12. The van der Waals surface area contributed by atoms with Gasteiger partial charge in [-0.15, -0.1) is 0 Å². The van der Waals surface area contributed by atoms with Gasteiger partial charge in [0, 0.05) is 37.1 Å². The molecule has 0 radical (unpaired) electrons. The monoisotopic (exact) mass is 466 g/mol. The van der Waals surface area contributed by atoms with E-state index in [4.69, 9.17) is 4.42 Å². The minimum Gasteiger partial charge on any atom is -0.451 e. The lowest BCUT2D eigenvalue weighted by atomic mass is 9.94. The molecule has 174 valence electrons. The molecular weight excluding hydrogens is 436 g/mol. The van der Waals surface area contributed by atoms with Crippen LogP contribution in [0.15, 0.2) is 51.8 Å². The molecule has 7 heteroatoms. The highest BCUT2D eigenvalue weighted by atomic mass is 32.2. The minimum atomic E-state index is -3.60. The van der Waals surface area contributed by atoms with E-state index >= 15 is 0 Å². The fourth-order valence-corrected chi connectivity index (χ4v) is 7.03. The Hall–Kier alpha value is -2.64. The maximum absolute atomic E-state index is 13.4. The highest BCUT2D eigenvalue weighted by molar-refractivity contribution is 7.89. The van der Waals surface area contributed by atoms with Gasteiger partial charge in [-0.25, -0.2) is 8.42 Å². The molecule has 3 heterocycles. The van der Waals surface area contributed by atoms with Crippen LogP contribution >= 0.6 is 0 Å². The van der Waals surface area contributed by atoms with E-state index in [1.54, 1.807) is 27.4 Å². The maximum Gasteiger partial charge on any atom is 0.290 e. The Kier molecular flexibility index (Phi) is 5.57. The molecule has 1 amide bonds. The average molecular weight is 467 g/mol. The highest BCUT2D eigenvalue weighted by Gasteiger charge is 2.33. The molecule has 0 spiro atoms. The Morgan fingerprint density at radius 2 is 1.73 bits per heavy atom. The van der Waals surface area contributed by atoms with Crippen molar-refractivity contribution < 1.29 is 17.6 Å². The third-order valence-electron chi connectivity index (χ3n) is 6.99. The molecule has 0 bridgehead atoms. The first-order valence-electron chi connectivity index (χ1n) is 11.6. The molecule has 1 fully saturated rings. The zero-order valence-electron chi connectivity index (χ0n) is 19.4. The number of benzene rings is 2. The number of carbonyl (C=O) groups is 1. The lowest BCUT2D eigenvalue weighted by Gasteiger charge is -2.34. The zero-order valence-corrected chi connectivity index (χ0v) is 20.2. The average Bonchev–Trinajstić information content (AvgIpc) is 3.13. The number of furan rings is 1. The van der Waals surface area contributed by atoms with E-state index in [0.29, 0.717) is 60.3 Å². The van der Waals surface area contributed by atoms with E-state index in [0.717, 1.165) is 18.4 Å². The number of sulfonamides is 1. The fourth-order valence-electron chi connectivity index (χ4n) is 5.33. The van der Waals surface area contributed by atoms with Crippen molar-refractivity contribution in [3.63, 3.8) is 0 Å². The summed E-state index contributed by atoms with van der Waals surface area (Å²) in [6.07, 6.45) is 1.86. The maximum atomic E-state index is 13.4. The van der Waals surface area contributed by atoms with Crippen LogP contribution < -0.4 is 0 Å². The van der Waals surface area contributed by atoms with Crippen LogP contribution in [-0.2, 0) is 23.0 Å². The van der Waals surface area contributed by atoms with Crippen molar-refractivity contribution in [3.8, 4) is 0 Å². The summed E-state index contributed by atoms with van der Waals surface area (Å²) in [5.74, 6) is 0.809. The number of nitrogens with zero attached hydrogens (tertiary/aromatic N) is 2. The summed E-state index contributed by atoms with van der Waals surface area (Å²) in [6, 6.07) is 13.1. The van der Waals surface area contributed by atoms with Gasteiger partial charge >= 0.3 is 0 Å². The first-order valence-corrected chi connectivity index (χ1v) is 13.1. The van der Waals surface area contributed by atoms with Gasteiger partial charge < -0.3 is 9.32 Å². The number of piperidine rings is 1. The van der Waals surface area contributed by atoms with Gasteiger partial charge in [0.05, 0.1) is 4.90 Å². The molecule has 2 aromatic carbocycles. The molecule has 0 aliphatic carbocycles. The van der Waals surface area contributed by atoms with E-state index in [1.165, 1.54) is 5.56 Å². The lowest BCUT2D eigenvalue weighted by molar-refractivity contribution is 0.0704. The first kappa shape index (κ1) is 22.2. The van der Waals surface area contributed by atoms with Crippen molar-refractivity contribution in [1.29, 1.82) is 0 Å². The molecule has 1 aromatic heterocycles. The van der Waals surface area contributed by atoms with Crippen molar-refractivity contribution in [2.24, 2.45) is 11.8 Å². The molecule has 2 aliphatic rings. The predicted molar refractivity (Wildman–Crippen MR) is 128 cm³/mol.